The molecule has 0 spiro atoms. The van der Waals surface area contributed by atoms with E-state index in [-0.39, 0.29) is 5.91 Å². The molecule has 1 heterocycles. The predicted octanol–water partition coefficient (Wildman–Crippen LogP) is 5.41. The van der Waals surface area contributed by atoms with Crippen LogP contribution in [0.2, 0.25) is 0 Å². The minimum Gasteiger partial charge on any atom is -0.370 e. The minimum absolute atomic E-state index is 0.0887. The molecule has 0 saturated carbocycles. The highest BCUT2D eigenvalue weighted by Gasteiger charge is 2.15. The standard InChI is InChI=1S/C22H28N2OS/c1-17-10-11-19(16-18(17)2)26-15-12-22(25)23-20-8-4-5-9-21(20)24-13-6-3-7-14-24/h4-5,8-11,16H,3,6-7,12-15H2,1-2H3,(H,23,25). The summed E-state index contributed by atoms with van der Waals surface area (Å²) in [5.41, 5.74) is 4.70. The highest BCUT2D eigenvalue weighted by atomic mass is 32.2. The van der Waals surface area contributed by atoms with E-state index in [1.807, 2.05) is 12.1 Å². The number of carbonyl (C=O) groups excluding carboxylic acids is 1. The zero-order valence-corrected chi connectivity index (χ0v) is 16.6. The van der Waals surface area contributed by atoms with Crippen molar-refractivity contribution in [2.24, 2.45) is 0 Å². The first-order valence-electron chi connectivity index (χ1n) is 9.47. The summed E-state index contributed by atoms with van der Waals surface area (Å²) in [6.45, 7) is 6.41. The number of hydrogen-bond donors (Lipinski definition) is 1. The number of aryl methyl sites for hydroxylation is 2. The van der Waals surface area contributed by atoms with Crippen molar-refractivity contribution < 1.29 is 4.79 Å². The largest absolute Gasteiger partial charge is 0.370 e. The van der Waals surface area contributed by atoms with Gasteiger partial charge in [0, 0.05) is 30.2 Å². The third kappa shape index (κ3) is 5.04. The molecule has 0 aliphatic carbocycles. The van der Waals surface area contributed by atoms with Gasteiger partial charge in [0.15, 0.2) is 0 Å². The summed E-state index contributed by atoms with van der Waals surface area (Å²) in [5.74, 6) is 0.881. The van der Waals surface area contributed by atoms with E-state index in [0.29, 0.717) is 6.42 Å². The average Bonchev–Trinajstić information content (AvgIpc) is 2.66. The Labute approximate surface area is 161 Å². The van der Waals surface area contributed by atoms with E-state index < -0.39 is 0 Å². The zero-order valence-electron chi connectivity index (χ0n) is 15.8. The first-order valence-corrected chi connectivity index (χ1v) is 10.5. The van der Waals surface area contributed by atoms with Crippen molar-refractivity contribution in [2.75, 3.05) is 29.1 Å². The quantitative estimate of drug-likeness (QED) is 0.692. The summed E-state index contributed by atoms with van der Waals surface area (Å²) in [5, 5.41) is 3.12. The van der Waals surface area contributed by atoms with Crippen molar-refractivity contribution >= 4 is 29.0 Å². The number of thioether (sulfide) groups is 1. The maximum Gasteiger partial charge on any atom is 0.225 e. The highest BCUT2D eigenvalue weighted by molar-refractivity contribution is 7.99. The second-order valence-electron chi connectivity index (χ2n) is 6.96. The molecule has 2 aromatic rings. The van der Waals surface area contributed by atoms with Crippen molar-refractivity contribution in [1.82, 2.24) is 0 Å². The number of benzene rings is 2. The van der Waals surface area contributed by atoms with Crippen LogP contribution in [-0.4, -0.2) is 24.7 Å². The fraction of sp³-hybridized carbons (Fsp3) is 0.409. The lowest BCUT2D eigenvalue weighted by molar-refractivity contribution is -0.115. The SMILES string of the molecule is Cc1ccc(SCCC(=O)Nc2ccccc2N2CCCCC2)cc1C. The van der Waals surface area contributed by atoms with Gasteiger partial charge in [0.2, 0.25) is 5.91 Å². The van der Waals surface area contributed by atoms with Crippen LogP contribution in [0.1, 0.15) is 36.8 Å². The van der Waals surface area contributed by atoms with Gasteiger partial charge in [-0.2, -0.15) is 0 Å². The first-order chi connectivity index (χ1) is 12.6. The van der Waals surface area contributed by atoms with Crippen LogP contribution in [0.3, 0.4) is 0 Å². The third-order valence-electron chi connectivity index (χ3n) is 4.95. The molecule has 1 N–H and O–H groups in total. The smallest absolute Gasteiger partial charge is 0.225 e. The highest BCUT2D eigenvalue weighted by Crippen LogP contribution is 2.28. The molecule has 1 saturated heterocycles. The molecule has 0 unspecified atom stereocenters. The van der Waals surface area contributed by atoms with Crippen molar-refractivity contribution in [3.8, 4) is 0 Å². The summed E-state index contributed by atoms with van der Waals surface area (Å²) in [4.78, 5) is 16.0. The third-order valence-corrected chi connectivity index (χ3v) is 5.95. The molecule has 0 aromatic heterocycles. The molecule has 1 amide bonds. The van der Waals surface area contributed by atoms with Crippen molar-refractivity contribution in [3.05, 3.63) is 53.6 Å². The van der Waals surface area contributed by atoms with Gasteiger partial charge in [-0.05, 0) is 68.5 Å². The number of hydrogen-bond acceptors (Lipinski definition) is 3. The van der Waals surface area contributed by atoms with E-state index in [2.05, 4.69) is 54.4 Å². The van der Waals surface area contributed by atoms with Crippen LogP contribution < -0.4 is 10.2 Å². The van der Waals surface area contributed by atoms with Gasteiger partial charge in [-0.1, -0.05) is 18.2 Å². The van der Waals surface area contributed by atoms with Gasteiger partial charge in [-0.25, -0.2) is 0 Å². The molecule has 0 atom stereocenters. The maximum atomic E-state index is 12.4. The van der Waals surface area contributed by atoms with E-state index in [9.17, 15) is 4.79 Å². The lowest BCUT2D eigenvalue weighted by Crippen LogP contribution is -2.30. The number of nitrogens with one attached hydrogen (secondary N) is 1. The molecule has 3 rings (SSSR count). The number of nitrogens with zero attached hydrogens (tertiary/aromatic N) is 1. The Hall–Kier alpha value is -1.94. The number of rotatable bonds is 6. The fourth-order valence-corrected chi connectivity index (χ4v) is 4.22. The molecule has 4 heteroatoms. The Morgan fingerprint density at radius 1 is 1.04 bits per heavy atom. The van der Waals surface area contributed by atoms with Crippen LogP contribution >= 0.6 is 11.8 Å². The summed E-state index contributed by atoms with van der Waals surface area (Å²) < 4.78 is 0. The Morgan fingerprint density at radius 3 is 2.58 bits per heavy atom. The van der Waals surface area contributed by atoms with Crippen LogP contribution in [0.5, 0.6) is 0 Å². The van der Waals surface area contributed by atoms with Gasteiger partial charge in [-0.3, -0.25) is 4.79 Å². The van der Waals surface area contributed by atoms with E-state index in [1.165, 1.54) is 35.3 Å². The zero-order chi connectivity index (χ0) is 18.4. The Bertz CT molecular complexity index is 754. The van der Waals surface area contributed by atoms with Gasteiger partial charge in [0.1, 0.15) is 0 Å². The van der Waals surface area contributed by atoms with Crippen LogP contribution in [0.25, 0.3) is 0 Å². The molecule has 2 aromatic carbocycles. The molecular formula is C22H28N2OS. The van der Waals surface area contributed by atoms with E-state index in [0.717, 1.165) is 30.2 Å². The van der Waals surface area contributed by atoms with Gasteiger partial charge < -0.3 is 10.2 Å². The van der Waals surface area contributed by atoms with Crippen molar-refractivity contribution in [1.29, 1.82) is 0 Å². The first kappa shape index (κ1) is 18.8. The molecule has 1 fully saturated rings. The number of carbonyl (C=O) groups is 1. The van der Waals surface area contributed by atoms with Crippen LogP contribution in [0.4, 0.5) is 11.4 Å². The Kier molecular flexibility index (Phi) is 6.62. The summed E-state index contributed by atoms with van der Waals surface area (Å²) in [7, 11) is 0. The maximum absolute atomic E-state index is 12.4. The second-order valence-corrected chi connectivity index (χ2v) is 8.13. The van der Waals surface area contributed by atoms with Crippen LogP contribution in [0, 0.1) is 13.8 Å². The molecular weight excluding hydrogens is 340 g/mol. The number of para-hydroxylation sites is 2. The fourth-order valence-electron chi connectivity index (χ4n) is 3.27. The predicted molar refractivity (Wildman–Crippen MR) is 112 cm³/mol. The second kappa shape index (κ2) is 9.13. The average molecular weight is 369 g/mol. The molecule has 1 aliphatic heterocycles. The Balaban J connectivity index is 1.54. The lowest BCUT2D eigenvalue weighted by atomic mass is 10.1. The molecule has 1 aliphatic rings. The van der Waals surface area contributed by atoms with Gasteiger partial charge in [0.25, 0.3) is 0 Å². The van der Waals surface area contributed by atoms with Crippen molar-refractivity contribution in [2.45, 2.75) is 44.4 Å². The van der Waals surface area contributed by atoms with Gasteiger partial charge >= 0.3 is 0 Å². The topological polar surface area (TPSA) is 32.3 Å². The summed E-state index contributed by atoms with van der Waals surface area (Å²) in [6, 6.07) is 14.7. The molecule has 0 radical (unpaired) electrons. The molecule has 138 valence electrons. The summed E-state index contributed by atoms with van der Waals surface area (Å²) in [6.07, 6.45) is 4.29. The van der Waals surface area contributed by atoms with Crippen LogP contribution in [0.15, 0.2) is 47.4 Å². The lowest BCUT2D eigenvalue weighted by Gasteiger charge is -2.30. The van der Waals surface area contributed by atoms with Gasteiger partial charge in [0.05, 0.1) is 11.4 Å². The van der Waals surface area contributed by atoms with Crippen molar-refractivity contribution in [3.63, 3.8) is 0 Å². The number of anilines is 2. The molecule has 0 bridgehead atoms. The number of amides is 1. The summed E-state index contributed by atoms with van der Waals surface area (Å²) >= 11 is 1.74. The molecule has 26 heavy (non-hydrogen) atoms. The van der Waals surface area contributed by atoms with Crippen LogP contribution in [-0.2, 0) is 4.79 Å². The normalized spacial score (nSPS) is 14.3. The van der Waals surface area contributed by atoms with E-state index in [1.54, 1.807) is 11.8 Å². The van der Waals surface area contributed by atoms with E-state index in [4.69, 9.17) is 0 Å². The minimum atomic E-state index is 0.0887. The number of piperidine rings is 1. The Morgan fingerprint density at radius 2 is 1.81 bits per heavy atom. The van der Waals surface area contributed by atoms with E-state index >= 15 is 0 Å². The van der Waals surface area contributed by atoms with Gasteiger partial charge in [-0.15, -0.1) is 11.8 Å². The molecule has 3 nitrogen and oxygen atoms in total. The monoisotopic (exact) mass is 368 g/mol.